The first-order valence-corrected chi connectivity index (χ1v) is 10.8. The molecule has 1 aromatic carbocycles. The molecule has 0 radical (unpaired) electrons. The molecule has 2 aliphatic rings. The van der Waals surface area contributed by atoms with Crippen molar-refractivity contribution in [3.63, 3.8) is 0 Å². The number of terminal acetylenes is 1. The molecule has 1 N–H and O–H groups in total. The molecule has 3 aromatic rings. The molecule has 1 saturated carbocycles. The highest BCUT2D eigenvalue weighted by molar-refractivity contribution is 5.83. The third-order valence-electron chi connectivity index (χ3n) is 5.85. The molecule has 3 heterocycles. The van der Waals surface area contributed by atoms with Gasteiger partial charge in [-0.1, -0.05) is 5.92 Å². The fraction of sp³-hybridized carbons (Fsp3) is 0.375. The van der Waals surface area contributed by atoms with Crippen molar-refractivity contribution in [3.05, 3.63) is 42.1 Å². The van der Waals surface area contributed by atoms with Crippen molar-refractivity contribution in [2.75, 3.05) is 50.1 Å². The van der Waals surface area contributed by atoms with E-state index in [-0.39, 0.29) is 0 Å². The predicted octanol–water partition coefficient (Wildman–Crippen LogP) is 3.29. The number of pyridine rings is 1. The van der Waals surface area contributed by atoms with Crippen LogP contribution in [0.3, 0.4) is 0 Å². The number of rotatable bonds is 6. The lowest BCUT2D eigenvalue weighted by Crippen LogP contribution is -2.44. The standard InChI is InChI=1S/C24H26N6O/c1-3-18-14-22(31-16-17-4-5-17)27-23-21(18)15-25-24(28-23)26-19-6-8-20(9-7-19)30-12-10-29(2)11-13-30/h1,6-9,14-15,17H,4-5,10-13,16H2,2H3,(H,25,26,27,28). The summed E-state index contributed by atoms with van der Waals surface area (Å²) in [5.74, 6) is 4.34. The molecule has 2 fully saturated rings. The molecule has 1 aliphatic heterocycles. The largest absolute Gasteiger partial charge is 0.477 e. The molecule has 2 aromatic heterocycles. The summed E-state index contributed by atoms with van der Waals surface area (Å²) < 4.78 is 5.82. The fourth-order valence-corrected chi connectivity index (χ4v) is 3.68. The van der Waals surface area contributed by atoms with Crippen LogP contribution in [0.25, 0.3) is 11.0 Å². The first-order chi connectivity index (χ1) is 15.2. The average Bonchev–Trinajstić information content (AvgIpc) is 3.63. The molecule has 0 spiro atoms. The Kier molecular flexibility index (Phi) is 5.31. The van der Waals surface area contributed by atoms with Gasteiger partial charge >= 0.3 is 0 Å². The van der Waals surface area contributed by atoms with E-state index in [9.17, 15) is 0 Å². The molecule has 7 heteroatoms. The molecule has 31 heavy (non-hydrogen) atoms. The monoisotopic (exact) mass is 414 g/mol. The second-order valence-corrected chi connectivity index (χ2v) is 8.30. The number of ether oxygens (including phenoxy) is 1. The Morgan fingerprint density at radius 3 is 2.61 bits per heavy atom. The van der Waals surface area contributed by atoms with Gasteiger partial charge in [-0.15, -0.1) is 6.42 Å². The van der Waals surface area contributed by atoms with Gasteiger partial charge in [-0.25, -0.2) is 4.98 Å². The molecule has 1 saturated heterocycles. The average molecular weight is 415 g/mol. The highest BCUT2D eigenvalue weighted by Crippen LogP contribution is 2.30. The lowest BCUT2D eigenvalue weighted by Gasteiger charge is -2.34. The van der Waals surface area contributed by atoms with E-state index < -0.39 is 0 Å². The number of fused-ring (bicyclic) bond motifs is 1. The van der Waals surface area contributed by atoms with E-state index in [0.29, 0.717) is 35.6 Å². The molecular formula is C24H26N6O. The normalized spacial score (nSPS) is 16.8. The number of aromatic nitrogens is 3. The van der Waals surface area contributed by atoms with Gasteiger partial charge in [-0.2, -0.15) is 9.97 Å². The summed E-state index contributed by atoms with van der Waals surface area (Å²) >= 11 is 0. The molecule has 7 nitrogen and oxygen atoms in total. The van der Waals surface area contributed by atoms with Gasteiger partial charge in [-0.05, 0) is 50.1 Å². The Morgan fingerprint density at radius 1 is 1.13 bits per heavy atom. The Bertz CT molecular complexity index is 1110. The summed E-state index contributed by atoms with van der Waals surface area (Å²) in [6.45, 7) is 4.95. The number of piperazine rings is 1. The fourth-order valence-electron chi connectivity index (χ4n) is 3.68. The van der Waals surface area contributed by atoms with Crippen LogP contribution in [0.15, 0.2) is 36.5 Å². The molecule has 0 bridgehead atoms. The Morgan fingerprint density at radius 2 is 1.90 bits per heavy atom. The highest BCUT2D eigenvalue weighted by Gasteiger charge is 2.22. The predicted molar refractivity (Wildman–Crippen MR) is 123 cm³/mol. The summed E-state index contributed by atoms with van der Waals surface area (Å²) in [5, 5.41) is 4.02. The van der Waals surface area contributed by atoms with Crippen molar-refractivity contribution in [2.45, 2.75) is 12.8 Å². The topological polar surface area (TPSA) is 66.4 Å². The number of benzene rings is 1. The minimum atomic E-state index is 0.481. The highest BCUT2D eigenvalue weighted by atomic mass is 16.5. The third-order valence-corrected chi connectivity index (χ3v) is 5.85. The van der Waals surface area contributed by atoms with Crippen molar-refractivity contribution < 1.29 is 4.74 Å². The maximum atomic E-state index is 5.82. The van der Waals surface area contributed by atoms with E-state index in [1.165, 1.54) is 18.5 Å². The van der Waals surface area contributed by atoms with E-state index in [1.807, 2.05) is 0 Å². The van der Waals surface area contributed by atoms with Crippen LogP contribution in [-0.2, 0) is 0 Å². The quantitative estimate of drug-likeness (QED) is 0.621. The minimum Gasteiger partial charge on any atom is -0.477 e. The number of nitrogens with one attached hydrogen (secondary N) is 1. The maximum absolute atomic E-state index is 5.82. The van der Waals surface area contributed by atoms with Crippen LogP contribution >= 0.6 is 0 Å². The van der Waals surface area contributed by atoms with Crippen molar-refractivity contribution >= 4 is 28.4 Å². The zero-order valence-electron chi connectivity index (χ0n) is 17.7. The van der Waals surface area contributed by atoms with E-state index >= 15 is 0 Å². The number of anilines is 3. The van der Waals surface area contributed by atoms with Gasteiger partial charge in [0.1, 0.15) is 0 Å². The van der Waals surface area contributed by atoms with E-state index in [1.54, 1.807) is 12.3 Å². The van der Waals surface area contributed by atoms with Crippen LogP contribution in [0.5, 0.6) is 5.88 Å². The minimum absolute atomic E-state index is 0.481. The molecular weight excluding hydrogens is 388 g/mol. The van der Waals surface area contributed by atoms with Gasteiger partial charge < -0.3 is 19.9 Å². The van der Waals surface area contributed by atoms with Crippen LogP contribution in [0.4, 0.5) is 17.3 Å². The first kappa shape index (κ1) is 19.6. The van der Waals surface area contributed by atoms with E-state index in [0.717, 1.165) is 37.3 Å². The Balaban J connectivity index is 1.33. The lowest BCUT2D eigenvalue weighted by atomic mass is 10.2. The van der Waals surface area contributed by atoms with Crippen molar-refractivity contribution in [3.8, 4) is 18.2 Å². The maximum Gasteiger partial charge on any atom is 0.229 e. The van der Waals surface area contributed by atoms with Gasteiger partial charge in [0.05, 0.1) is 12.0 Å². The summed E-state index contributed by atoms with van der Waals surface area (Å²) in [6, 6.07) is 10.2. The van der Waals surface area contributed by atoms with E-state index in [2.05, 4.69) is 67.3 Å². The second-order valence-electron chi connectivity index (χ2n) is 8.30. The molecule has 158 valence electrons. The summed E-state index contributed by atoms with van der Waals surface area (Å²) in [7, 11) is 2.16. The lowest BCUT2D eigenvalue weighted by molar-refractivity contribution is 0.289. The molecule has 0 unspecified atom stereocenters. The van der Waals surface area contributed by atoms with Gasteiger partial charge in [-0.3, -0.25) is 0 Å². The molecule has 0 atom stereocenters. The zero-order chi connectivity index (χ0) is 21.2. The number of hydrogen-bond acceptors (Lipinski definition) is 7. The number of nitrogens with zero attached hydrogens (tertiary/aromatic N) is 5. The third kappa shape index (κ3) is 4.54. The van der Waals surface area contributed by atoms with Gasteiger partial charge in [0.2, 0.25) is 11.8 Å². The molecule has 5 rings (SSSR count). The van der Waals surface area contributed by atoms with Crippen LogP contribution in [0.1, 0.15) is 18.4 Å². The second kappa shape index (κ2) is 8.40. The first-order valence-electron chi connectivity index (χ1n) is 10.8. The summed E-state index contributed by atoms with van der Waals surface area (Å²) in [6.07, 6.45) is 9.85. The smallest absolute Gasteiger partial charge is 0.229 e. The van der Waals surface area contributed by atoms with Crippen molar-refractivity contribution in [2.24, 2.45) is 5.92 Å². The summed E-state index contributed by atoms with van der Waals surface area (Å²) in [4.78, 5) is 18.3. The number of likely N-dealkylation sites (N-methyl/N-ethyl adjacent to an activating group) is 1. The van der Waals surface area contributed by atoms with Gasteiger partial charge in [0.25, 0.3) is 0 Å². The van der Waals surface area contributed by atoms with Crippen LogP contribution in [0.2, 0.25) is 0 Å². The molecule has 1 aliphatic carbocycles. The van der Waals surface area contributed by atoms with Crippen LogP contribution in [-0.4, -0.2) is 59.7 Å². The molecule has 0 amide bonds. The van der Waals surface area contributed by atoms with Crippen LogP contribution in [0, 0.1) is 18.3 Å². The number of hydrogen-bond donors (Lipinski definition) is 1. The van der Waals surface area contributed by atoms with Gasteiger partial charge in [0, 0.05) is 55.4 Å². The SMILES string of the molecule is C#Cc1cc(OCC2CC2)nc2nc(Nc3ccc(N4CCN(C)CC4)cc3)ncc12. The van der Waals surface area contributed by atoms with Crippen molar-refractivity contribution in [1.29, 1.82) is 0 Å². The zero-order valence-corrected chi connectivity index (χ0v) is 17.7. The van der Waals surface area contributed by atoms with E-state index in [4.69, 9.17) is 11.2 Å². The van der Waals surface area contributed by atoms with Gasteiger partial charge in [0.15, 0.2) is 5.65 Å². The van der Waals surface area contributed by atoms with Crippen molar-refractivity contribution in [1.82, 2.24) is 19.9 Å². The Labute approximate surface area is 182 Å². The van der Waals surface area contributed by atoms with Crippen LogP contribution < -0.4 is 15.0 Å². The Hall–Kier alpha value is -3.37. The summed E-state index contributed by atoms with van der Waals surface area (Å²) in [5.41, 5.74) is 3.39.